The van der Waals surface area contributed by atoms with E-state index in [9.17, 15) is 4.39 Å². The molecular formula is C25H40FN5S2. The summed E-state index contributed by atoms with van der Waals surface area (Å²) in [4.78, 5) is 13.4. The fraction of sp³-hybridized carbons (Fsp3) is 0.440. The summed E-state index contributed by atoms with van der Waals surface area (Å²) >= 11 is 1.21. The van der Waals surface area contributed by atoms with Gasteiger partial charge in [0.25, 0.3) is 0 Å². The van der Waals surface area contributed by atoms with E-state index in [1.54, 1.807) is 12.3 Å². The largest absolute Gasteiger partial charge is 0.378 e. The van der Waals surface area contributed by atoms with Crippen LogP contribution < -0.4 is 11.5 Å². The average Bonchev–Trinajstić information content (AvgIpc) is 2.81. The molecule has 33 heavy (non-hydrogen) atoms. The minimum absolute atomic E-state index is 0.0194. The summed E-state index contributed by atoms with van der Waals surface area (Å²) in [5.41, 5.74) is 12.9. The molecule has 1 unspecified atom stereocenters. The van der Waals surface area contributed by atoms with Crippen molar-refractivity contribution in [2.45, 2.75) is 65.2 Å². The molecule has 0 aliphatic carbocycles. The van der Waals surface area contributed by atoms with Crippen LogP contribution in [0.5, 0.6) is 0 Å². The van der Waals surface area contributed by atoms with E-state index in [1.165, 1.54) is 35.1 Å². The summed E-state index contributed by atoms with van der Waals surface area (Å²) in [6.07, 6.45) is 7.52. The molecule has 184 valence electrons. The molecule has 2 aromatic rings. The van der Waals surface area contributed by atoms with Gasteiger partial charge in [0.15, 0.2) is 16.8 Å². The SMILES string of the molecule is C/C=C\SC(N)=Nc1nc(C)nc(CCCN)c1F.C=S(C)c1cccc(CCC)c1.CC. The third kappa shape index (κ3) is 12.7. The van der Waals surface area contributed by atoms with Gasteiger partial charge in [-0.15, -0.1) is 0 Å². The molecule has 0 aliphatic rings. The second kappa shape index (κ2) is 18.4. The summed E-state index contributed by atoms with van der Waals surface area (Å²) < 4.78 is 14.1. The molecule has 1 heterocycles. The first kappa shape index (κ1) is 31.0. The van der Waals surface area contributed by atoms with Crippen LogP contribution in [0.25, 0.3) is 0 Å². The van der Waals surface area contributed by atoms with E-state index in [0.29, 0.717) is 30.9 Å². The highest BCUT2D eigenvalue weighted by molar-refractivity contribution is 8.16. The number of thioether (sulfide) groups is 1. The van der Waals surface area contributed by atoms with Crippen molar-refractivity contribution in [2.24, 2.45) is 16.5 Å². The zero-order valence-electron chi connectivity index (χ0n) is 20.9. The van der Waals surface area contributed by atoms with Crippen LogP contribution in [0.2, 0.25) is 0 Å². The van der Waals surface area contributed by atoms with E-state index in [2.05, 4.69) is 58.3 Å². The number of halogens is 1. The quantitative estimate of drug-likeness (QED) is 0.253. The predicted octanol–water partition coefficient (Wildman–Crippen LogP) is 6.38. The molecule has 0 saturated heterocycles. The van der Waals surface area contributed by atoms with Gasteiger partial charge in [-0.3, -0.25) is 0 Å². The van der Waals surface area contributed by atoms with Gasteiger partial charge in [-0.05, 0) is 69.0 Å². The van der Waals surface area contributed by atoms with Crippen molar-refractivity contribution in [1.82, 2.24) is 9.97 Å². The summed E-state index contributed by atoms with van der Waals surface area (Å²) in [5.74, 6) is 3.96. The van der Waals surface area contributed by atoms with Gasteiger partial charge in [0, 0.05) is 4.90 Å². The molecule has 0 amide bonds. The van der Waals surface area contributed by atoms with E-state index < -0.39 is 5.82 Å². The number of nitrogens with zero attached hydrogens (tertiary/aromatic N) is 3. The molecule has 1 aromatic carbocycles. The van der Waals surface area contributed by atoms with Crippen LogP contribution in [-0.2, 0) is 12.8 Å². The zero-order chi connectivity index (χ0) is 25.2. The van der Waals surface area contributed by atoms with Gasteiger partial charge in [-0.1, -0.05) is 63.0 Å². The van der Waals surface area contributed by atoms with Crippen molar-refractivity contribution in [1.29, 1.82) is 0 Å². The Morgan fingerprint density at radius 3 is 2.55 bits per heavy atom. The monoisotopic (exact) mass is 493 g/mol. The first-order valence-electron chi connectivity index (χ1n) is 11.2. The Hall–Kier alpha value is -2.03. The number of allylic oxidation sites excluding steroid dienone is 1. The number of hydrogen-bond acceptors (Lipinski definition) is 5. The minimum atomic E-state index is -0.525. The predicted molar refractivity (Wildman–Crippen MR) is 148 cm³/mol. The molecule has 8 heteroatoms. The van der Waals surface area contributed by atoms with Gasteiger partial charge in [0.2, 0.25) is 0 Å². The number of nitrogens with two attached hydrogens (primary N) is 2. The molecule has 1 aromatic heterocycles. The second-order valence-corrected chi connectivity index (χ2v) is 9.49. The lowest BCUT2D eigenvalue weighted by Crippen LogP contribution is -2.08. The van der Waals surface area contributed by atoms with Crippen molar-refractivity contribution in [3.8, 4) is 0 Å². The number of aryl methyl sites for hydroxylation is 3. The first-order chi connectivity index (χ1) is 15.8. The van der Waals surface area contributed by atoms with Crippen LogP contribution in [0.1, 0.15) is 57.6 Å². The van der Waals surface area contributed by atoms with Crippen molar-refractivity contribution in [2.75, 3.05) is 12.8 Å². The van der Waals surface area contributed by atoms with Gasteiger partial charge < -0.3 is 11.5 Å². The third-order valence-electron chi connectivity index (χ3n) is 4.01. The Balaban J connectivity index is 0.000000627. The highest BCUT2D eigenvalue weighted by Crippen LogP contribution is 2.22. The highest BCUT2D eigenvalue weighted by atomic mass is 32.2. The smallest absolute Gasteiger partial charge is 0.194 e. The molecule has 1 atom stereocenters. The molecule has 0 spiro atoms. The van der Waals surface area contributed by atoms with Gasteiger partial charge in [0.1, 0.15) is 5.82 Å². The Morgan fingerprint density at radius 1 is 1.27 bits per heavy atom. The van der Waals surface area contributed by atoms with Crippen LogP contribution in [-0.4, -0.2) is 33.8 Å². The molecule has 5 nitrogen and oxygen atoms in total. The van der Waals surface area contributed by atoms with Crippen molar-refractivity contribution in [3.63, 3.8) is 0 Å². The van der Waals surface area contributed by atoms with E-state index in [0.717, 1.165) is 0 Å². The molecular weight excluding hydrogens is 453 g/mol. The fourth-order valence-electron chi connectivity index (χ4n) is 2.58. The van der Waals surface area contributed by atoms with Crippen molar-refractivity contribution in [3.05, 3.63) is 58.6 Å². The van der Waals surface area contributed by atoms with Crippen LogP contribution in [0.15, 0.2) is 45.6 Å². The summed E-state index contributed by atoms with van der Waals surface area (Å²) in [7, 11) is 0.157. The Bertz CT molecular complexity index is 914. The van der Waals surface area contributed by atoms with Gasteiger partial charge in [-0.25, -0.2) is 19.4 Å². The lowest BCUT2D eigenvalue weighted by Gasteiger charge is -2.05. The summed E-state index contributed by atoms with van der Waals surface area (Å²) in [5, 5.41) is 2.00. The molecule has 0 saturated carbocycles. The highest BCUT2D eigenvalue weighted by Gasteiger charge is 2.12. The Kier molecular flexibility index (Phi) is 17.3. The number of hydrogen-bond donors (Lipinski definition) is 2. The van der Waals surface area contributed by atoms with Gasteiger partial charge >= 0.3 is 0 Å². The van der Waals surface area contributed by atoms with Gasteiger partial charge in [-0.2, -0.15) is 10.5 Å². The number of rotatable bonds is 8. The normalized spacial score (nSPS) is 11.9. The maximum Gasteiger partial charge on any atom is 0.194 e. The maximum absolute atomic E-state index is 14.1. The third-order valence-corrected chi connectivity index (χ3v) is 5.81. The number of aliphatic imine (C=N–C) groups is 1. The summed E-state index contributed by atoms with van der Waals surface area (Å²) in [6, 6.07) is 8.77. The number of benzene rings is 1. The second-order valence-electron chi connectivity index (χ2n) is 6.82. The number of amidine groups is 1. The molecule has 4 N–H and O–H groups in total. The van der Waals surface area contributed by atoms with Crippen molar-refractivity contribution >= 4 is 39.1 Å². The minimum Gasteiger partial charge on any atom is -0.378 e. The van der Waals surface area contributed by atoms with Crippen LogP contribution in [0.4, 0.5) is 10.2 Å². The lowest BCUT2D eigenvalue weighted by atomic mass is 10.1. The zero-order valence-corrected chi connectivity index (χ0v) is 22.5. The fourth-order valence-corrected chi connectivity index (χ4v) is 3.66. The van der Waals surface area contributed by atoms with Crippen LogP contribution in [0.3, 0.4) is 0 Å². The first-order valence-corrected chi connectivity index (χ1v) is 13.9. The Labute approximate surface area is 206 Å². The van der Waals surface area contributed by atoms with E-state index in [1.807, 2.05) is 26.8 Å². The number of aromatic nitrogens is 2. The molecule has 0 radical (unpaired) electrons. The van der Waals surface area contributed by atoms with E-state index in [4.69, 9.17) is 11.5 Å². The topological polar surface area (TPSA) is 90.2 Å². The Morgan fingerprint density at radius 2 is 1.97 bits per heavy atom. The maximum atomic E-state index is 14.1. The molecule has 0 aliphatic heterocycles. The molecule has 2 rings (SSSR count). The van der Waals surface area contributed by atoms with Gasteiger partial charge in [0.05, 0.1) is 5.69 Å². The molecule has 0 bridgehead atoms. The summed E-state index contributed by atoms with van der Waals surface area (Å²) in [6.45, 7) is 10.3. The van der Waals surface area contributed by atoms with Crippen LogP contribution in [0, 0.1) is 12.7 Å². The van der Waals surface area contributed by atoms with Crippen molar-refractivity contribution < 1.29 is 4.39 Å². The average molecular weight is 494 g/mol. The standard InChI is InChI=1S/C12H18FN5S.C11H16S.C2H6/c1-3-7-19-12(15)18-11-10(13)9(5-4-6-14)16-8(2)17-11;1-4-6-10-7-5-8-11(9-10)12(2)3;1-2/h3,7H,4-6,14H2,1-2H3,(H2,15,16,17,18);5,7-9H,2,4,6H2,1,3H3;1-2H3/b7-3-;;. The van der Waals surface area contributed by atoms with Crippen LogP contribution >= 0.6 is 22.2 Å². The lowest BCUT2D eigenvalue weighted by molar-refractivity contribution is 0.585. The van der Waals surface area contributed by atoms with E-state index in [-0.39, 0.29) is 21.5 Å². The molecule has 0 fully saturated rings. The van der Waals surface area contributed by atoms with E-state index >= 15 is 0 Å².